The fourth-order valence-corrected chi connectivity index (χ4v) is 2.99. The fraction of sp³-hybridized carbons (Fsp3) is 0.706. The number of aryl methyl sites for hydroxylation is 1. The minimum Gasteiger partial charge on any atom is -0.352 e. The van der Waals surface area contributed by atoms with Gasteiger partial charge in [0.05, 0.1) is 0 Å². The number of pyridine rings is 1. The van der Waals surface area contributed by atoms with Gasteiger partial charge >= 0.3 is 0 Å². The summed E-state index contributed by atoms with van der Waals surface area (Å²) in [4.78, 5) is 9.61. The zero-order chi connectivity index (χ0) is 15.4. The molecule has 1 aliphatic heterocycles. The van der Waals surface area contributed by atoms with Gasteiger partial charge in [0, 0.05) is 37.4 Å². The molecule has 1 aromatic heterocycles. The maximum atomic E-state index is 4.86. The van der Waals surface area contributed by atoms with Gasteiger partial charge in [-0.1, -0.05) is 19.9 Å². The third-order valence-electron chi connectivity index (χ3n) is 4.13. The molecule has 1 atom stereocenters. The van der Waals surface area contributed by atoms with Crippen molar-refractivity contribution in [3.8, 4) is 0 Å². The average molecular weight is 290 g/mol. The molecule has 0 aliphatic carbocycles. The van der Waals surface area contributed by atoms with Crippen molar-refractivity contribution in [3.63, 3.8) is 0 Å². The van der Waals surface area contributed by atoms with Crippen LogP contribution in [0.5, 0.6) is 0 Å². The second-order valence-electron chi connectivity index (χ2n) is 6.70. The molecule has 0 aromatic carbocycles. The molecule has 118 valence electrons. The normalized spacial score (nSPS) is 19.0. The van der Waals surface area contributed by atoms with Crippen molar-refractivity contribution in [2.45, 2.75) is 52.2 Å². The monoisotopic (exact) mass is 290 g/mol. The maximum Gasteiger partial charge on any atom is 0.129 e. The molecular weight excluding hydrogens is 260 g/mol. The van der Waals surface area contributed by atoms with E-state index in [2.05, 4.69) is 62.1 Å². The van der Waals surface area contributed by atoms with Crippen LogP contribution in [0.15, 0.2) is 12.1 Å². The summed E-state index contributed by atoms with van der Waals surface area (Å²) in [7, 11) is 4.30. The van der Waals surface area contributed by atoms with Crippen molar-refractivity contribution in [2.24, 2.45) is 0 Å². The Morgan fingerprint density at radius 3 is 2.76 bits per heavy atom. The highest BCUT2D eigenvalue weighted by Gasteiger charge is 2.26. The molecule has 4 nitrogen and oxygen atoms in total. The van der Waals surface area contributed by atoms with Gasteiger partial charge in [-0.15, -0.1) is 0 Å². The summed E-state index contributed by atoms with van der Waals surface area (Å²) in [6, 6.07) is 5.54. The molecule has 1 aromatic rings. The number of likely N-dealkylation sites (N-methyl/N-ethyl adjacent to an activating group) is 1. The molecule has 0 radical (unpaired) electrons. The van der Waals surface area contributed by atoms with E-state index >= 15 is 0 Å². The standard InChI is InChI=1S/C17H30N4/c1-13(2)18-11-15-8-9-17(19-14(15)3)21-10-6-7-16(21)12-20(4)5/h8-9,13,16,18H,6-7,10-12H2,1-5H3. The molecule has 2 rings (SSSR count). The summed E-state index contributed by atoms with van der Waals surface area (Å²) in [6.07, 6.45) is 2.55. The lowest BCUT2D eigenvalue weighted by molar-refractivity contribution is 0.371. The zero-order valence-corrected chi connectivity index (χ0v) is 14.2. The van der Waals surface area contributed by atoms with Crippen molar-refractivity contribution in [1.82, 2.24) is 15.2 Å². The number of hydrogen-bond donors (Lipinski definition) is 1. The molecule has 21 heavy (non-hydrogen) atoms. The molecule has 0 spiro atoms. The number of nitrogens with one attached hydrogen (secondary N) is 1. The lowest BCUT2D eigenvalue weighted by Crippen LogP contribution is -2.38. The summed E-state index contributed by atoms with van der Waals surface area (Å²) in [6.45, 7) is 9.61. The predicted molar refractivity (Wildman–Crippen MR) is 89.9 cm³/mol. The summed E-state index contributed by atoms with van der Waals surface area (Å²) in [5, 5.41) is 3.47. The van der Waals surface area contributed by atoms with E-state index in [4.69, 9.17) is 4.98 Å². The zero-order valence-electron chi connectivity index (χ0n) is 14.2. The number of hydrogen-bond acceptors (Lipinski definition) is 4. The van der Waals surface area contributed by atoms with Crippen LogP contribution in [0.2, 0.25) is 0 Å². The van der Waals surface area contributed by atoms with Crippen LogP contribution in [0.3, 0.4) is 0 Å². The number of anilines is 1. The highest BCUT2D eigenvalue weighted by molar-refractivity contribution is 5.44. The molecule has 0 saturated carbocycles. The Morgan fingerprint density at radius 2 is 2.14 bits per heavy atom. The third kappa shape index (κ3) is 4.42. The van der Waals surface area contributed by atoms with Gasteiger partial charge in [0.2, 0.25) is 0 Å². The van der Waals surface area contributed by atoms with Gasteiger partial charge in [-0.25, -0.2) is 4.98 Å². The minimum atomic E-state index is 0.507. The van der Waals surface area contributed by atoms with Gasteiger partial charge in [-0.05, 0) is 45.5 Å². The van der Waals surface area contributed by atoms with Crippen molar-refractivity contribution < 1.29 is 0 Å². The van der Waals surface area contributed by atoms with Crippen LogP contribution in [0.25, 0.3) is 0 Å². The van der Waals surface area contributed by atoms with E-state index in [0.717, 1.165) is 31.1 Å². The van der Waals surface area contributed by atoms with E-state index in [1.54, 1.807) is 0 Å². The summed E-state index contributed by atoms with van der Waals surface area (Å²) < 4.78 is 0. The molecule has 1 fully saturated rings. The largest absolute Gasteiger partial charge is 0.352 e. The lowest BCUT2D eigenvalue weighted by Gasteiger charge is -2.28. The SMILES string of the molecule is Cc1nc(N2CCCC2CN(C)C)ccc1CNC(C)C. The molecule has 1 unspecified atom stereocenters. The Hall–Kier alpha value is -1.13. The van der Waals surface area contributed by atoms with Crippen LogP contribution in [-0.4, -0.2) is 49.2 Å². The molecule has 1 N–H and O–H groups in total. The second kappa shape index (κ2) is 7.23. The van der Waals surface area contributed by atoms with Gasteiger partial charge < -0.3 is 15.1 Å². The first-order valence-corrected chi connectivity index (χ1v) is 8.08. The number of aromatic nitrogens is 1. The Labute approximate surface area is 129 Å². The van der Waals surface area contributed by atoms with Crippen LogP contribution in [-0.2, 0) is 6.54 Å². The molecule has 0 bridgehead atoms. The minimum absolute atomic E-state index is 0.507. The maximum absolute atomic E-state index is 4.86. The highest BCUT2D eigenvalue weighted by Crippen LogP contribution is 2.25. The Kier molecular flexibility index (Phi) is 5.59. The van der Waals surface area contributed by atoms with Crippen molar-refractivity contribution in [2.75, 3.05) is 32.1 Å². The summed E-state index contributed by atoms with van der Waals surface area (Å²) in [5.41, 5.74) is 2.45. The van der Waals surface area contributed by atoms with E-state index in [0.29, 0.717) is 12.1 Å². The van der Waals surface area contributed by atoms with Crippen molar-refractivity contribution >= 4 is 5.82 Å². The van der Waals surface area contributed by atoms with Crippen LogP contribution < -0.4 is 10.2 Å². The Balaban J connectivity index is 2.08. The molecule has 0 amide bonds. The molecule has 1 saturated heterocycles. The van der Waals surface area contributed by atoms with E-state index in [-0.39, 0.29) is 0 Å². The van der Waals surface area contributed by atoms with Gasteiger partial charge in [-0.2, -0.15) is 0 Å². The molecule has 2 heterocycles. The van der Waals surface area contributed by atoms with Gasteiger partial charge in [0.1, 0.15) is 5.82 Å². The van der Waals surface area contributed by atoms with E-state index in [1.807, 2.05) is 0 Å². The van der Waals surface area contributed by atoms with Gasteiger partial charge in [0.25, 0.3) is 0 Å². The molecule has 1 aliphatic rings. The quantitative estimate of drug-likeness (QED) is 0.872. The van der Waals surface area contributed by atoms with Crippen LogP contribution >= 0.6 is 0 Å². The Morgan fingerprint density at radius 1 is 1.38 bits per heavy atom. The third-order valence-corrected chi connectivity index (χ3v) is 4.13. The van der Waals surface area contributed by atoms with Crippen molar-refractivity contribution in [1.29, 1.82) is 0 Å². The predicted octanol–water partition coefficient (Wildman–Crippen LogP) is 2.42. The first-order valence-electron chi connectivity index (χ1n) is 8.08. The molecular formula is C17H30N4. The van der Waals surface area contributed by atoms with Crippen LogP contribution in [0.1, 0.15) is 37.9 Å². The van der Waals surface area contributed by atoms with E-state index < -0.39 is 0 Å². The Bertz CT molecular complexity index is 456. The van der Waals surface area contributed by atoms with Crippen molar-refractivity contribution in [3.05, 3.63) is 23.4 Å². The van der Waals surface area contributed by atoms with Crippen LogP contribution in [0.4, 0.5) is 5.82 Å². The number of nitrogens with zero attached hydrogens (tertiary/aromatic N) is 3. The summed E-state index contributed by atoms with van der Waals surface area (Å²) in [5.74, 6) is 1.14. The van der Waals surface area contributed by atoms with Gasteiger partial charge in [0.15, 0.2) is 0 Å². The van der Waals surface area contributed by atoms with Gasteiger partial charge in [-0.3, -0.25) is 0 Å². The topological polar surface area (TPSA) is 31.4 Å². The van der Waals surface area contributed by atoms with E-state index in [1.165, 1.54) is 18.4 Å². The second-order valence-corrected chi connectivity index (χ2v) is 6.70. The first kappa shape index (κ1) is 16.2. The first-order chi connectivity index (χ1) is 9.97. The highest BCUT2D eigenvalue weighted by atomic mass is 15.3. The van der Waals surface area contributed by atoms with Crippen LogP contribution in [0, 0.1) is 6.92 Å². The number of rotatable bonds is 6. The summed E-state index contributed by atoms with van der Waals surface area (Å²) >= 11 is 0. The smallest absolute Gasteiger partial charge is 0.129 e. The van der Waals surface area contributed by atoms with E-state index in [9.17, 15) is 0 Å². The molecule has 4 heteroatoms. The average Bonchev–Trinajstić information content (AvgIpc) is 2.84. The lowest BCUT2D eigenvalue weighted by atomic mass is 10.1. The fourth-order valence-electron chi connectivity index (χ4n) is 2.99.